The van der Waals surface area contributed by atoms with E-state index < -0.39 is 0 Å². The molecule has 3 rings (SSSR count). The minimum atomic E-state index is -0.132. The van der Waals surface area contributed by atoms with E-state index in [1.54, 1.807) is 29.2 Å². The van der Waals surface area contributed by atoms with Crippen LogP contribution in [0.2, 0.25) is 0 Å². The van der Waals surface area contributed by atoms with E-state index in [0.717, 1.165) is 11.8 Å². The summed E-state index contributed by atoms with van der Waals surface area (Å²) in [5.41, 5.74) is 1.58. The Bertz CT molecular complexity index is 731. The highest BCUT2D eigenvalue weighted by Gasteiger charge is 2.29. The molecule has 25 heavy (non-hydrogen) atoms. The maximum Gasteiger partial charge on any atom is 0.260 e. The van der Waals surface area contributed by atoms with Gasteiger partial charge in [-0.2, -0.15) is 0 Å². The lowest BCUT2D eigenvalue weighted by molar-refractivity contribution is -0.146. The summed E-state index contributed by atoms with van der Waals surface area (Å²) in [7, 11) is 0. The molecule has 5 heteroatoms. The minimum absolute atomic E-state index is 0.0405. The van der Waals surface area contributed by atoms with Crippen LogP contribution in [0.1, 0.15) is 28.9 Å². The molecule has 0 radical (unpaired) electrons. The van der Waals surface area contributed by atoms with Gasteiger partial charge in [-0.3, -0.25) is 9.59 Å². The van der Waals surface area contributed by atoms with E-state index in [0.29, 0.717) is 24.4 Å². The van der Waals surface area contributed by atoms with Crippen LogP contribution in [0.4, 0.5) is 0 Å². The molecule has 2 unspecified atom stereocenters. The van der Waals surface area contributed by atoms with Crippen LogP contribution in [-0.4, -0.2) is 42.9 Å². The molecule has 2 aromatic carbocycles. The Morgan fingerprint density at radius 3 is 2.76 bits per heavy atom. The first-order valence-corrected chi connectivity index (χ1v) is 8.32. The summed E-state index contributed by atoms with van der Waals surface area (Å²) in [6.45, 7) is 2.95. The highest BCUT2D eigenvalue weighted by atomic mass is 16.5. The molecule has 1 fully saturated rings. The fraction of sp³-hybridized carbons (Fsp3) is 0.300. The third-order valence-electron chi connectivity index (χ3n) is 4.14. The second kappa shape index (κ2) is 7.94. The highest BCUT2D eigenvalue weighted by Crippen LogP contribution is 2.25. The predicted molar refractivity (Wildman–Crippen MR) is 93.6 cm³/mol. The van der Waals surface area contributed by atoms with Crippen molar-refractivity contribution in [3.05, 3.63) is 65.7 Å². The Morgan fingerprint density at radius 1 is 1.20 bits per heavy atom. The van der Waals surface area contributed by atoms with Gasteiger partial charge in [0.15, 0.2) is 6.61 Å². The van der Waals surface area contributed by atoms with Gasteiger partial charge in [-0.15, -0.1) is 0 Å². The Balaban J connectivity index is 1.61. The quantitative estimate of drug-likeness (QED) is 0.786. The van der Waals surface area contributed by atoms with Gasteiger partial charge in [0.1, 0.15) is 18.1 Å². The molecule has 130 valence electrons. The van der Waals surface area contributed by atoms with Crippen molar-refractivity contribution in [3.63, 3.8) is 0 Å². The number of morpholine rings is 1. The first-order valence-electron chi connectivity index (χ1n) is 8.32. The monoisotopic (exact) mass is 339 g/mol. The van der Waals surface area contributed by atoms with E-state index in [1.807, 2.05) is 37.3 Å². The Labute approximate surface area is 147 Å². The minimum Gasteiger partial charge on any atom is -0.484 e. The standard InChI is InChI=1S/C20H21NO4/c1-15-11-21(12-19(25-15)17-7-3-2-4-8-17)20(23)14-24-18-9-5-6-16(10-18)13-22/h2-10,13,15,19H,11-12,14H2,1H3. The number of nitrogens with zero attached hydrogens (tertiary/aromatic N) is 1. The predicted octanol–water partition coefficient (Wildman–Crippen LogP) is 2.87. The van der Waals surface area contributed by atoms with Gasteiger partial charge in [0, 0.05) is 12.1 Å². The highest BCUT2D eigenvalue weighted by molar-refractivity contribution is 5.78. The Hall–Kier alpha value is -2.66. The van der Waals surface area contributed by atoms with Crippen LogP contribution in [0.5, 0.6) is 5.75 Å². The third-order valence-corrected chi connectivity index (χ3v) is 4.14. The average molecular weight is 339 g/mol. The molecule has 2 atom stereocenters. The number of carbonyl (C=O) groups is 2. The number of benzene rings is 2. The van der Waals surface area contributed by atoms with Crippen LogP contribution in [-0.2, 0) is 9.53 Å². The van der Waals surface area contributed by atoms with Crippen molar-refractivity contribution in [2.24, 2.45) is 0 Å². The van der Waals surface area contributed by atoms with E-state index in [-0.39, 0.29) is 24.7 Å². The Morgan fingerprint density at radius 2 is 2.00 bits per heavy atom. The smallest absolute Gasteiger partial charge is 0.260 e. The van der Waals surface area contributed by atoms with Crippen molar-refractivity contribution in [2.45, 2.75) is 19.1 Å². The maximum absolute atomic E-state index is 12.5. The van der Waals surface area contributed by atoms with E-state index in [4.69, 9.17) is 9.47 Å². The van der Waals surface area contributed by atoms with Crippen molar-refractivity contribution in [1.82, 2.24) is 4.90 Å². The first kappa shape index (κ1) is 17.2. The molecule has 0 spiro atoms. The maximum atomic E-state index is 12.5. The largest absolute Gasteiger partial charge is 0.484 e. The lowest BCUT2D eigenvalue weighted by Gasteiger charge is -2.37. The molecule has 2 aromatic rings. The Kier molecular flexibility index (Phi) is 5.46. The zero-order chi connectivity index (χ0) is 17.6. The van der Waals surface area contributed by atoms with Gasteiger partial charge < -0.3 is 14.4 Å². The second-order valence-electron chi connectivity index (χ2n) is 6.12. The van der Waals surface area contributed by atoms with Crippen LogP contribution < -0.4 is 4.74 Å². The summed E-state index contributed by atoms with van der Waals surface area (Å²) < 4.78 is 11.5. The molecule has 5 nitrogen and oxygen atoms in total. The van der Waals surface area contributed by atoms with Gasteiger partial charge in [0.05, 0.1) is 12.6 Å². The molecule has 0 aliphatic carbocycles. The molecule has 0 bridgehead atoms. The van der Waals surface area contributed by atoms with E-state index in [1.165, 1.54) is 0 Å². The van der Waals surface area contributed by atoms with Crippen LogP contribution >= 0.6 is 0 Å². The molecule has 1 amide bonds. The lowest BCUT2D eigenvalue weighted by atomic mass is 10.1. The number of rotatable bonds is 5. The summed E-state index contributed by atoms with van der Waals surface area (Å²) in [4.78, 5) is 25.1. The molecule has 1 heterocycles. The first-order chi connectivity index (χ1) is 12.2. The number of aldehydes is 1. The molecule has 1 aliphatic rings. The molecule has 0 aromatic heterocycles. The molecular weight excluding hydrogens is 318 g/mol. The van der Waals surface area contributed by atoms with Crippen molar-refractivity contribution in [2.75, 3.05) is 19.7 Å². The lowest BCUT2D eigenvalue weighted by Crippen LogP contribution is -2.47. The molecule has 1 saturated heterocycles. The van der Waals surface area contributed by atoms with Crippen molar-refractivity contribution in [1.29, 1.82) is 0 Å². The molecule has 1 aliphatic heterocycles. The fourth-order valence-electron chi connectivity index (χ4n) is 2.92. The fourth-order valence-corrected chi connectivity index (χ4v) is 2.92. The van der Waals surface area contributed by atoms with Crippen LogP contribution in [0.25, 0.3) is 0 Å². The summed E-state index contributed by atoms with van der Waals surface area (Å²) in [6, 6.07) is 16.7. The van der Waals surface area contributed by atoms with E-state index in [2.05, 4.69) is 0 Å². The third kappa shape index (κ3) is 4.45. The van der Waals surface area contributed by atoms with Gasteiger partial charge in [-0.25, -0.2) is 0 Å². The van der Waals surface area contributed by atoms with Gasteiger partial charge in [0.25, 0.3) is 5.91 Å². The number of amides is 1. The second-order valence-corrected chi connectivity index (χ2v) is 6.12. The number of carbonyl (C=O) groups excluding carboxylic acids is 2. The van der Waals surface area contributed by atoms with Gasteiger partial charge in [-0.05, 0) is 24.6 Å². The summed E-state index contributed by atoms with van der Waals surface area (Å²) >= 11 is 0. The van der Waals surface area contributed by atoms with Crippen LogP contribution in [0.15, 0.2) is 54.6 Å². The number of hydrogen-bond acceptors (Lipinski definition) is 4. The normalized spacial score (nSPS) is 20.1. The summed E-state index contributed by atoms with van der Waals surface area (Å²) in [5, 5.41) is 0. The summed E-state index contributed by atoms with van der Waals surface area (Å²) in [6.07, 6.45) is 0.580. The number of ether oxygens (including phenoxy) is 2. The van der Waals surface area contributed by atoms with Crippen LogP contribution in [0, 0.1) is 0 Å². The SMILES string of the molecule is CC1CN(C(=O)COc2cccc(C=O)c2)CC(c2ccccc2)O1. The van der Waals surface area contributed by atoms with Gasteiger partial charge in [-0.1, -0.05) is 42.5 Å². The average Bonchev–Trinajstić information content (AvgIpc) is 2.66. The zero-order valence-corrected chi connectivity index (χ0v) is 14.1. The summed E-state index contributed by atoms with van der Waals surface area (Å²) in [5.74, 6) is 0.423. The van der Waals surface area contributed by atoms with E-state index >= 15 is 0 Å². The van der Waals surface area contributed by atoms with Crippen LogP contribution in [0.3, 0.4) is 0 Å². The molecule has 0 N–H and O–H groups in total. The van der Waals surface area contributed by atoms with Crippen molar-refractivity contribution >= 4 is 12.2 Å². The van der Waals surface area contributed by atoms with Gasteiger partial charge >= 0.3 is 0 Å². The number of hydrogen-bond donors (Lipinski definition) is 0. The zero-order valence-electron chi connectivity index (χ0n) is 14.1. The topological polar surface area (TPSA) is 55.8 Å². The molecular formula is C20H21NO4. The van der Waals surface area contributed by atoms with Crippen molar-refractivity contribution in [3.8, 4) is 5.75 Å². The molecule has 0 saturated carbocycles. The van der Waals surface area contributed by atoms with Gasteiger partial charge in [0.2, 0.25) is 0 Å². The van der Waals surface area contributed by atoms with E-state index in [9.17, 15) is 9.59 Å². The van der Waals surface area contributed by atoms with Crippen molar-refractivity contribution < 1.29 is 19.1 Å².